The highest BCUT2D eigenvalue weighted by molar-refractivity contribution is 7.89. The Bertz CT molecular complexity index is 698. The number of benzene rings is 1. The Balaban J connectivity index is 2.16. The van der Waals surface area contributed by atoms with Gasteiger partial charge in [-0.1, -0.05) is 0 Å². The summed E-state index contributed by atoms with van der Waals surface area (Å²) in [6, 6.07) is 3.37. The van der Waals surface area contributed by atoms with E-state index >= 15 is 0 Å². The van der Waals surface area contributed by atoms with Crippen LogP contribution in [0.15, 0.2) is 28.5 Å². The first-order valence-electron chi connectivity index (χ1n) is 5.34. The number of thiazole rings is 1. The zero-order valence-electron chi connectivity index (χ0n) is 10.1. The summed E-state index contributed by atoms with van der Waals surface area (Å²) < 4.78 is 39.5. The van der Waals surface area contributed by atoms with Crippen LogP contribution in [0.2, 0.25) is 0 Å². The number of nitrogens with zero attached hydrogens (tertiary/aromatic N) is 1. The number of aromatic nitrogens is 1. The van der Waals surface area contributed by atoms with Gasteiger partial charge in [-0.25, -0.2) is 22.5 Å². The van der Waals surface area contributed by atoms with E-state index in [0.717, 1.165) is 11.1 Å². The van der Waals surface area contributed by atoms with E-state index in [9.17, 15) is 12.8 Å². The summed E-state index contributed by atoms with van der Waals surface area (Å²) >= 11 is 1.43. The number of nitrogens with one attached hydrogen (secondary N) is 1. The van der Waals surface area contributed by atoms with Gasteiger partial charge in [0, 0.05) is 5.38 Å². The van der Waals surface area contributed by atoms with Crippen LogP contribution in [0.1, 0.15) is 10.7 Å². The van der Waals surface area contributed by atoms with Crippen molar-refractivity contribution in [3.05, 3.63) is 40.1 Å². The van der Waals surface area contributed by atoms with Crippen LogP contribution < -0.4 is 10.5 Å². The highest BCUT2D eigenvalue weighted by Crippen LogP contribution is 2.16. The molecule has 0 atom stereocenters. The molecule has 0 bridgehead atoms. The Morgan fingerprint density at radius 2 is 2.21 bits per heavy atom. The van der Waals surface area contributed by atoms with Gasteiger partial charge in [0.1, 0.15) is 5.82 Å². The Morgan fingerprint density at radius 1 is 1.47 bits per heavy atom. The van der Waals surface area contributed by atoms with Crippen molar-refractivity contribution in [3.8, 4) is 0 Å². The van der Waals surface area contributed by atoms with Crippen LogP contribution in [0.5, 0.6) is 0 Å². The monoisotopic (exact) mass is 301 g/mol. The minimum atomic E-state index is -3.77. The lowest BCUT2D eigenvalue weighted by Crippen LogP contribution is -2.23. The fourth-order valence-corrected chi connectivity index (χ4v) is 3.04. The molecule has 3 N–H and O–H groups in total. The summed E-state index contributed by atoms with van der Waals surface area (Å²) in [4.78, 5) is 3.98. The third kappa shape index (κ3) is 3.28. The average Bonchev–Trinajstić information content (AvgIpc) is 2.76. The van der Waals surface area contributed by atoms with Crippen molar-refractivity contribution < 1.29 is 12.8 Å². The van der Waals surface area contributed by atoms with Gasteiger partial charge in [0.05, 0.1) is 27.8 Å². The minimum Gasteiger partial charge on any atom is -0.396 e. The predicted octanol–water partition coefficient (Wildman–Crippen LogP) is 1.65. The van der Waals surface area contributed by atoms with Crippen molar-refractivity contribution in [1.82, 2.24) is 9.71 Å². The molecule has 0 radical (unpaired) electrons. The number of hydrogen-bond acceptors (Lipinski definition) is 5. The molecular formula is C11H12FN3O2S2. The van der Waals surface area contributed by atoms with Crippen LogP contribution in [-0.4, -0.2) is 13.4 Å². The van der Waals surface area contributed by atoms with Gasteiger partial charge in [-0.2, -0.15) is 0 Å². The first-order chi connectivity index (χ1) is 8.88. The highest BCUT2D eigenvalue weighted by atomic mass is 32.2. The number of nitrogen functional groups attached to an aromatic ring is 1. The molecule has 19 heavy (non-hydrogen) atoms. The van der Waals surface area contributed by atoms with Crippen LogP contribution in [0.4, 0.5) is 10.1 Å². The number of sulfonamides is 1. The Labute approximate surface area is 114 Å². The molecule has 0 amide bonds. The quantitative estimate of drug-likeness (QED) is 0.841. The molecule has 1 heterocycles. The summed E-state index contributed by atoms with van der Waals surface area (Å²) in [7, 11) is -3.77. The van der Waals surface area contributed by atoms with Gasteiger partial charge in [0.15, 0.2) is 0 Å². The SMILES string of the molecule is Cc1nc(CNS(=O)(=O)c2ccc(N)c(F)c2)cs1. The van der Waals surface area contributed by atoms with E-state index in [2.05, 4.69) is 9.71 Å². The molecule has 1 aromatic carbocycles. The van der Waals surface area contributed by atoms with Gasteiger partial charge in [-0.05, 0) is 25.1 Å². The molecule has 8 heteroatoms. The van der Waals surface area contributed by atoms with Gasteiger partial charge in [0.25, 0.3) is 0 Å². The number of rotatable bonds is 4. The molecule has 5 nitrogen and oxygen atoms in total. The molecule has 0 aliphatic carbocycles. The van der Waals surface area contributed by atoms with Crippen molar-refractivity contribution in [2.45, 2.75) is 18.4 Å². The molecule has 2 aromatic rings. The van der Waals surface area contributed by atoms with E-state index in [1.807, 2.05) is 6.92 Å². The van der Waals surface area contributed by atoms with E-state index in [0.29, 0.717) is 5.69 Å². The number of halogens is 1. The second-order valence-electron chi connectivity index (χ2n) is 3.87. The fraction of sp³-hybridized carbons (Fsp3) is 0.182. The van der Waals surface area contributed by atoms with Crippen LogP contribution in [0.3, 0.4) is 0 Å². The van der Waals surface area contributed by atoms with Gasteiger partial charge in [-0.3, -0.25) is 0 Å². The fourth-order valence-electron chi connectivity index (χ4n) is 1.42. The predicted molar refractivity (Wildman–Crippen MR) is 71.7 cm³/mol. The normalized spacial score (nSPS) is 11.7. The van der Waals surface area contributed by atoms with Crippen molar-refractivity contribution >= 4 is 27.0 Å². The number of hydrogen-bond donors (Lipinski definition) is 2. The topological polar surface area (TPSA) is 85.1 Å². The lowest BCUT2D eigenvalue weighted by Gasteiger charge is -2.06. The largest absolute Gasteiger partial charge is 0.396 e. The maximum Gasteiger partial charge on any atom is 0.241 e. The van der Waals surface area contributed by atoms with Crippen molar-refractivity contribution in [1.29, 1.82) is 0 Å². The zero-order chi connectivity index (χ0) is 14.0. The van der Waals surface area contributed by atoms with Gasteiger partial charge >= 0.3 is 0 Å². The minimum absolute atomic E-state index is 0.0681. The molecule has 0 aliphatic rings. The Kier molecular flexibility index (Phi) is 3.83. The van der Waals surface area contributed by atoms with E-state index in [1.165, 1.54) is 23.5 Å². The Hall–Kier alpha value is -1.51. The van der Waals surface area contributed by atoms with Crippen LogP contribution in [0.25, 0.3) is 0 Å². The van der Waals surface area contributed by atoms with Gasteiger partial charge in [0.2, 0.25) is 10.0 Å². The van der Waals surface area contributed by atoms with Crippen molar-refractivity contribution in [2.24, 2.45) is 0 Å². The lowest BCUT2D eigenvalue weighted by atomic mass is 10.3. The average molecular weight is 301 g/mol. The van der Waals surface area contributed by atoms with Crippen LogP contribution in [-0.2, 0) is 16.6 Å². The second-order valence-corrected chi connectivity index (χ2v) is 6.69. The summed E-state index contributed by atoms with van der Waals surface area (Å²) in [6.45, 7) is 1.90. The molecule has 0 unspecified atom stereocenters. The third-order valence-corrected chi connectivity index (χ3v) is 4.61. The standard InChI is InChI=1S/C11H12FN3O2S2/c1-7-15-8(6-18-7)5-14-19(16,17)9-2-3-11(13)10(12)4-9/h2-4,6,14H,5,13H2,1H3. The van der Waals surface area contributed by atoms with Crippen molar-refractivity contribution in [2.75, 3.05) is 5.73 Å². The van der Waals surface area contributed by atoms with E-state index < -0.39 is 15.8 Å². The lowest BCUT2D eigenvalue weighted by molar-refractivity contribution is 0.577. The maximum absolute atomic E-state index is 13.2. The summed E-state index contributed by atoms with van der Waals surface area (Å²) in [5.74, 6) is -0.757. The number of aryl methyl sites for hydroxylation is 1. The van der Waals surface area contributed by atoms with Gasteiger partial charge in [-0.15, -0.1) is 11.3 Å². The van der Waals surface area contributed by atoms with E-state index in [1.54, 1.807) is 5.38 Å². The molecule has 1 aromatic heterocycles. The third-order valence-electron chi connectivity index (χ3n) is 2.39. The van der Waals surface area contributed by atoms with Crippen LogP contribution >= 0.6 is 11.3 Å². The molecule has 0 fully saturated rings. The number of nitrogens with two attached hydrogens (primary N) is 1. The van der Waals surface area contributed by atoms with E-state index in [4.69, 9.17) is 5.73 Å². The molecule has 0 aliphatic heterocycles. The summed E-state index contributed by atoms with van der Waals surface area (Å²) in [5, 5.41) is 2.62. The molecular weight excluding hydrogens is 289 g/mol. The van der Waals surface area contributed by atoms with Gasteiger partial charge < -0.3 is 5.73 Å². The first-order valence-corrected chi connectivity index (χ1v) is 7.70. The molecule has 0 spiro atoms. The molecule has 102 valence electrons. The summed E-state index contributed by atoms with van der Waals surface area (Å²) in [5.41, 5.74) is 5.84. The van der Waals surface area contributed by atoms with Crippen molar-refractivity contribution in [3.63, 3.8) is 0 Å². The van der Waals surface area contributed by atoms with E-state index in [-0.39, 0.29) is 17.1 Å². The second kappa shape index (κ2) is 5.24. The Morgan fingerprint density at radius 3 is 2.79 bits per heavy atom. The maximum atomic E-state index is 13.2. The molecule has 0 saturated heterocycles. The number of anilines is 1. The zero-order valence-corrected chi connectivity index (χ0v) is 11.7. The molecule has 2 rings (SSSR count). The highest BCUT2D eigenvalue weighted by Gasteiger charge is 2.16. The first kappa shape index (κ1) is 13.9. The van der Waals surface area contributed by atoms with Crippen LogP contribution in [0, 0.1) is 12.7 Å². The smallest absolute Gasteiger partial charge is 0.241 e. The summed E-state index contributed by atoms with van der Waals surface area (Å²) in [6.07, 6.45) is 0. The molecule has 0 saturated carbocycles.